The molecule has 236 valence electrons. The molecule has 4 heterocycles. The predicted molar refractivity (Wildman–Crippen MR) is 151 cm³/mol. The topological polar surface area (TPSA) is 117 Å². The molecule has 3 aliphatic rings. The average Bonchev–Trinajstić information content (AvgIpc) is 3.49. The fraction of sp³-hybridized carbons (Fsp3) is 0.312. The Morgan fingerprint density at radius 1 is 0.978 bits per heavy atom. The number of para-hydroxylation sites is 1. The number of anilines is 1. The van der Waals surface area contributed by atoms with Crippen molar-refractivity contribution in [2.24, 2.45) is 5.92 Å². The van der Waals surface area contributed by atoms with Gasteiger partial charge in [0, 0.05) is 30.0 Å². The van der Waals surface area contributed by atoms with Crippen molar-refractivity contribution in [3.63, 3.8) is 0 Å². The monoisotopic (exact) mass is 626 g/mol. The van der Waals surface area contributed by atoms with Gasteiger partial charge < -0.3 is 29.0 Å². The largest absolute Gasteiger partial charge is 0.542 e. The van der Waals surface area contributed by atoms with Crippen LogP contribution in [-0.2, 0) is 20.9 Å². The molecule has 13 heteroatoms. The van der Waals surface area contributed by atoms with Crippen molar-refractivity contribution in [1.29, 1.82) is 0 Å². The van der Waals surface area contributed by atoms with Crippen LogP contribution in [0.3, 0.4) is 0 Å². The first kappa shape index (κ1) is 31.6. The van der Waals surface area contributed by atoms with Crippen LogP contribution in [0.25, 0.3) is 11.5 Å². The normalized spacial score (nSPS) is 21.2. The molecular formula is C32H30F4N4O5. The molecule has 0 saturated carbocycles. The van der Waals surface area contributed by atoms with Gasteiger partial charge in [-0.2, -0.15) is 18.2 Å². The number of fused-ring (bicyclic) bond motifs is 3. The van der Waals surface area contributed by atoms with Crippen molar-refractivity contribution in [3.05, 3.63) is 102 Å². The summed E-state index contributed by atoms with van der Waals surface area (Å²) in [7, 11) is 0. The zero-order valence-electron chi connectivity index (χ0n) is 24.0. The van der Waals surface area contributed by atoms with Crippen LogP contribution in [0, 0.1) is 11.7 Å². The van der Waals surface area contributed by atoms with Gasteiger partial charge in [-0.1, -0.05) is 53.7 Å². The summed E-state index contributed by atoms with van der Waals surface area (Å²) in [5.74, 6) is -2.24. The summed E-state index contributed by atoms with van der Waals surface area (Å²) in [6.07, 6.45) is -3.39. The lowest BCUT2D eigenvalue weighted by Crippen LogP contribution is -2.64. The number of ether oxygens (including phenoxy) is 1. The third kappa shape index (κ3) is 8.04. The second-order valence-electron chi connectivity index (χ2n) is 11.1. The molecule has 7 rings (SSSR count). The zero-order chi connectivity index (χ0) is 32.0. The van der Waals surface area contributed by atoms with E-state index in [1.807, 2.05) is 60.7 Å². The number of hydrogen-bond acceptors (Lipinski definition) is 8. The standard InChI is InChI=1S/C30H30FN4O3.C2HF3O2/c31-24-13-11-23(12-14-24)29-33-27(34-38-29)20-35-17-15-21(16-18-35)26(19-35)37-30(36)28(22-7-3-1-4-8-22)32-25-9-5-2-6-10-25;3-2(4,5)1(6)7/h1-14,21,26,28,32H,15-20H2;(H,6,7)/q+1;/p-1/t21?,26-,28+,35?;/m0./s1. The molecular weight excluding hydrogens is 596 g/mol. The quantitative estimate of drug-likeness (QED) is 0.170. The van der Waals surface area contributed by atoms with E-state index >= 15 is 0 Å². The van der Waals surface area contributed by atoms with Gasteiger partial charge >= 0.3 is 12.1 Å². The Morgan fingerprint density at radius 3 is 2.18 bits per heavy atom. The summed E-state index contributed by atoms with van der Waals surface area (Å²) in [6.45, 7) is 3.31. The summed E-state index contributed by atoms with van der Waals surface area (Å²) >= 11 is 0. The number of carbonyl (C=O) groups is 2. The molecule has 0 amide bonds. The van der Waals surface area contributed by atoms with Crippen LogP contribution in [0.1, 0.15) is 30.3 Å². The van der Waals surface area contributed by atoms with Gasteiger partial charge in [0.05, 0.1) is 13.1 Å². The Morgan fingerprint density at radius 2 is 1.58 bits per heavy atom. The maximum atomic E-state index is 13.6. The number of carboxylic acid groups (broad SMARTS) is 1. The number of carboxylic acids is 1. The van der Waals surface area contributed by atoms with Crippen LogP contribution in [0.2, 0.25) is 0 Å². The summed E-state index contributed by atoms with van der Waals surface area (Å²) < 4.78 is 57.3. The van der Waals surface area contributed by atoms with Crippen LogP contribution < -0.4 is 10.4 Å². The van der Waals surface area contributed by atoms with E-state index in [9.17, 15) is 22.4 Å². The second kappa shape index (κ2) is 13.5. The highest BCUT2D eigenvalue weighted by molar-refractivity contribution is 5.81. The number of esters is 1. The van der Waals surface area contributed by atoms with Crippen LogP contribution in [-0.4, -0.2) is 58.5 Å². The molecule has 0 aliphatic carbocycles. The lowest BCUT2D eigenvalue weighted by atomic mass is 9.83. The fourth-order valence-corrected chi connectivity index (χ4v) is 5.75. The van der Waals surface area contributed by atoms with E-state index in [0.717, 1.165) is 48.2 Å². The molecule has 3 fully saturated rings. The molecule has 4 aromatic rings. The smallest absolute Gasteiger partial charge is 0.430 e. The molecule has 1 N–H and O–H groups in total. The van der Waals surface area contributed by atoms with E-state index < -0.39 is 18.2 Å². The molecule has 0 spiro atoms. The first-order valence-corrected chi connectivity index (χ1v) is 14.3. The van der Waals surface area contributed by atoms with Crippen molar-refractivity contribution in [2.75, 3.05) is 25.0 Å². The van der Waals surface area contributed by atoms with E-state index in [0.29, 0.717) is 29.7 Å². The molecule has 1 aromatic heterocycles. The maximum absolute atomic E-state index is 13.6. The maximum Gasteiger partial charge on any atom is 0.430 e. The van der Waals surface area contributed by atoms with E-state index in [4.69, 9.17) is 19.2 Å². The molecule has 0 radical (unpaired) electrons. The number of nitrogens with zero attached hydrogens (tertiary/aromatic N) is 3. The summed E-state index contributed by atoms with van der Waals surface area (Å²) in [5, 5.41) is 16.4. The number of rotatable bonds is 8. The van der Waals surface area contributed by atoms with Gasteiger partial charge in [-0.15, -0.1) is 0 Å². The van der Waals surface area contributed by atoms with E-state index in [1.165, 1.54) is 12.1 Å². The number of nitrogens with one attached hydrogen (secondary N) is 1. The van der Waals surface area contributed by atoms with E-state index in [-0.39, 0.29) is 17.9 Å². The number of halogens is 4. The van der Waals surface area contributed by atoms with Crippen molar-refractivity contribution >= 4 is 17.6 Å². The van der Waals surface area contributed by atoms with Crippen molar-refractivity contribution in [3.8, 4) is 11.5 Å². The van der Waals surface area contributed by atoms with Crippen LogP contribution >= 0.6 is 0 Å². The molecule has 45 heavy (non-hydrogen) atoms. The Hall–Kier alpha value is -4.78. The molecule has 0 unspecified atom stereocenters. The minimum absolute atomic E-state index is 0.169. The minimum atomic E-state index is -5.19. The summed E-state index contributed by atoms with van der Waals surface area (Å²) in [5.41, 5.74) is 2.42. The van der Waals surface area contributed by atoms with Gasteiger partial charge in [-0.25, -0.2) is 9.18 Å². The van der Waals surface area contributed by atoms with Gasteiger partial charge in [-0.05, 0) is 42.0 Å². The number of aliphatic carboxylic acids is 1. The SMILES string of the molecule is O=C(O[C@H]1C[N+]2(Cc3noc(-c4ccc(F)cc4)n3)CCC1CC2)[C@H](Nc1ccccc1)c1ccccc1.O=C([O-])C(F)(F)F. The van der Waals surface area contributed by atoms with Crippen LogP contribution in [0.15, 0.2) is 89.5 Å². The summed E-state index contributed by atoms with van der Waals surface area (Å²) in [6, 6.07) is 24.8. The number of quaternary nitrogens is 1. The number of alkyl halides is 3. The van der Waals surface area contributed by atoms with E-state index in [2.05, 4.69) is 15.5 Å². The Kier molecular flexibility index (Phi) is 9.47. The van der Waals surface area contributed by atoms with Gasteiger partial charge in [0.15, 0.2) is 12.1 Å². The van der Waals surface area contributed by atoms with Crippen LogP contribution in [0.5, 0.6) is 0 Å². The number of aromatic nitrogens is 2. The lowest BCUT2D eigenvalue weighted by molar-refractivity contribution is -0.958. The van der Waals surface area contributed by atoms with Gasteiger partial charge in [0.2, 0.25) is 5.82 Å². The minimum Gasteiger partial charge on any atom is -0.542 e. The lowest BCUT2D eigenvalue weighted by Gasteiger charge is -2.51. The highest BCUT2D eigenvalue weighted by Crippen LogP contribution is 2.38. The molecule has 3 aliphatic heterocycles. The third-order valence-corrected chi connectivity index (χ3v) is 8.03. The molecule has 3 aromatic carbocycles. The second-order valence-corrected chi connectivity index (χ2v) is 11.1. The molecule has 2 atom stereocenters. The third-order valence-electron chi connectivity index (χ3n) is 8.03. The first-order chi connectivity index (χ1) is 21.5. The number of hydrogen-bond donors (Lipinski definition) is 1. The van der Waals surface area contributed by atoms with Crippen molar-refractivity contribution in [2.45, 2.75) is 37.7 Å². The average molecular weight is 627 g/mol. The molecule has 2 bridgehead atoms. The fourth-order valence-electron chi connectivity index (χ4n) is 5.75. The molecule has 9 nitrogen and oxygen atoms in total. The van der Waals surface area contributed by atoms with Crippen molar-refractivity contribution in [1.82, 2.24) is 10.1 Å². The highest BCUT2D eigenvalue weighted by atomic mass is 19.4. The Labute approximate surface area is 256 Å². The Bertz CT molecular complexity index is 1570. The number of carbonyl (C=O) groups excluding carboxylic acids is 2. The van der Waals surface area contributed by atoms with Gasteiger partial charge in [0.25, 0.3) is 5.89 Å². The summed E-state index contributed by atoms with van der Waals surface area (Å²) in [4.78, 5) is 26.9. The number of benzene rings is 3. The van der Waals surface area contributed by atoms with E-state index in [1.54, 1.807) is 12.1 Å². The first-order valence-electron chi connectivity index (χ1n) is 14.3. The van der Waals surface area contributed by atoms with Gasteiger partial charge in [-0.3, -0.25) is 0 Å². The Balaban J connectivity index is 0.000000515. The van der Waals surface area contributed by atoms with Gasteiger partial charge in [0.1, 0.15) is 24.9 Å². The zero-order valence-corrected chi connectivity index (χ0v) is 24.0. The van der Waals surface area contributed by atoms with Crippen LogP contribution in [0.4, 0.5) is 23.2 Å². The highest BCUT2D eigenvalue weighted by Gasteiger charge is 2.48. The van der Waals surface area contributed by atoms with Crippen molar-refractivity contribution < 1.29 is 46.0 Å². The number of piperidine rings is 3. The molecule has 3 saturated heterocycles. The predicted octanol–water partition coefficient (Wildman–Crippen LogP) is 4.68.